The van der Waals surface area contributed by atoms with E-state index in [1.807, 2.05) is 0 Å². The van der Waals surface area contributed by atoms with E-state index in [1.165, 1.54) is 11.1 Å². The zero-order chi connectivity index (χ0) is 11.5. The van der Waals surface area contributed by atoms with Crippen LogP contribution in [-0.2, 0) is 0 Å². The number of nitrogens with two attached hydrogens (primary N) is 1. The molecule has 1 aliphatic rings. The third-order valence-corrected chi connectivity index (χ3v) is 3.43. The first kappa shape index (κ1) is 11.4. The van der Waals surface area contributed by atoms with E-state index in [-0.39, 0.29) is 0 Å². The number of hydrogen-bond donors (Lipinski definition) is 2. The minimum atomic E-state index is 0.486. The molecule has 3 N–H and O–H groups in total. The maximum atomic E-state index is 5.81. The van der Waals surface area contributed by atoms with Crippen molar-refractivity contribution in [3.8, 4) is 5.75 Å². The molecule has 1 aliphatic heterocycles. The van der Waals surface area contributed by atoms with Crippen LogP contribution in [0.15, 0.2) is 18.2 Å². The van der Waals surface area contributed by atoms with Crippen LogP contribution in [0.2, 0.25) is 0 Å². The van der Waals surface area contributed by atoms with E-state index in [9.17, 15) is 0 Å². The number of benzene rings is 1. The number of rotatable bonds is 3. The predicted molar refractivity (Wildman–Crippen MR) is 65.9 cm³/mol. The fraction of sp³-hybridized carbons (Fsp3) is 0.538. The summed E-state index contributed by atoms with van der Waals surface area (Å²) in [5.74, 6) is 1.99. The van der Waals surface area contributed by atoms with Gasteiger partial charge >= 0.3 is 0 Å². The molecule has 0 bridgehead atoms. The quantitative estimate of drug-likeness (QED) is 0.806. The van der Waals surface area contributed by atoms with Crippen molar-refractivity contribution in [2.24, 2.45) is 11.7 Å². The van der Waals surface area contributed by atoms with Crippen molar-refractivity contribution in [2.45, 2.75) is 12.8 Å². The van der Waals surface area contributed by atoms with Crippen molar-refractivity contribution < 1.29 is 4.74 Å². The van der Waals surface area contributed by atoms with Gasteiger partial charge in [0.25, 0.3) is 0 Å². The van der Waals surface area contributed by atoms with Gasteiger partial charge in [0.05, 0.1) is 7.11 Å². The van der Waals surface area contributed by atoms with Gasteiger partial charge in [-0.1, -0.05) is 17.7 Å². The Balaban J connectivity index is 2.34. The van der Waals surface area contributed by atoms with Gasteiger partial charge in [0.15, 0.2) is 0 Å². The van der Waals surface area contributed by atoms with Crippen LogP contribution in [0.1, 0.15) is 17.0 Å². The molecule has 0 spiro atoms. The van der Waals surface area contributed by atoms with Crippen LogP contribution in [0.5, 0.6) is 5.75 Å². The van der Waals surface area contributed by atoms with E-state index in [4.69, 9.17) is 10.5 Å². The van der Waals surface area contributed by atoms with Crippen molar-refractivity contribution >= 4 is 0 Å². The molecule has 2 rings (SSSR count). The number of hydrogen-bond acceptors (Lipinski definition) is 3. The van der Waals surface area contributed by atoms with Crippen LogP contribution in [-0.4, -0.2) is 26.7 Å². The lowest BCUT2D eigenvalue weighted by Gasteiger charge is -2.20. The molecule has 0 aliphatic carbocycles. The molecule has 2 unspecified atom stereocenters. The Morgan fingerprint density at radius 1 is 1.44 bits per heavy atom. The zero-order valence-electron chi connectivity index (χ0n) is 9.99. The van der Waals surface area contributed by atoms with Gasteiger partial charge in [0.2, 0.25) is 0 Å². The molecule has 3 nitrogen and oxygen atoms in total. The average molecular weight is 220 g/mol. The minimum Gasteiger partial charge on any atom is -0.496 e. The number of aryl methyl sites for hydroxylation is 1. The predicted octanol–water partition coefficient (Wildman–Crippen LogP) is 1.27. The molecule has 16 heavy (non-hydrogen) atoms. The largest absolute Gasteiger partial charge is 0.496 e. The third-order valence-electron chi connectivity index (χ3n) is 3.43. The van der Waals surface area contributed by atoms with Gasteiger partial charge in [-0.25, -0.2) is 0 Å². The Kier molecular flexibility index (Phi) is 3.46. The van der Waals surface area contributed by atoms with Crippen LogP contribution < -0.4 is 15.8 Å². The van der Waals surface area contributed by atoms with Gasteiger partial charge in [-0.15, -0.1) is 0 Å². The molecule has 1 saturated heterocycles. The number of ether oxygens (including phenoxy) is 1. The number of methoxy groups -OCH3 is 1. The molecular formula is C13H20N2O. The molecule has 0 aromatic heterocycles. The minimum absolute atomic E-state index is 0.486. The smallest absolute Gasteiger partial charge is 0.122 e. The van der Waals surface area contributed by atoms with E-state index >= 15 is 0 Å². The van der Waals surface area contributed by atoms with Crippen molar-refractivity contribution in [1.29, 1.82) is 0 Å². The van der Waals surface area contributed by atoms with E-state index in [0.29, 0.717) is 11.8 Å². The topological polar surface area (TPSA) is 47.3 Å². The third kappa shape index (κ3) is 2.06. The van der Waals surface area contributed by atoms with Gasteiger partial charge in [0.1, 0.15) is 5.75 Å². The fourth-order valence-corrected chi connectivity index (χ4v) is 2.49. The van der Waals surface area contributed by atoms with Crippen molar-refractivity contribution in [3.63, 3.8) is 0 Å². The van der Waals surface area contributed by atoms with Crippen LogP contribution in [0.25, 0.3) is 0 Å². The summed E-state index contributed by atoms with van der Waals surface area (Å²) in [4.78, 5) is 0. The summed E-state index contributed by atoms with van der Waals surface area (Å²) in [6.45, 7) is 4.86. The lowest BCUT2D eigenvalue weighted by atomic mass is 9.87. The molecule has 1 fully saturated rings. The van der Waals surface area contributed by atoms with Crippen molar-refractivity contribution in [2.75, 3.05) is 26.7 Å². The van der Waals surface area contributed by atoms with E-state index in [2.05, 4.69) is 30.4 Å². The molecule has 0 amide bonds. The first-order valence-corrected chi connectivity index (χ1v) is 5.81. The summed E-state index contributed by atoms with van der Waals surface area (Å²) in [5, 5.41) is 3.41. The van der Waals surface area contributed by atoms with E-state index < -0.39 is 0 Å². The Morgan fingerprint density at radius 2 is 2.25 bits per heavy atom. The average Bonchev–Trinajstić information content (AvgIpc) is 2.76. The van der Waals surface area contributed by atoms with Crippen LogP contribution >= 0.6 is 0 Å². The maximum absolute atomic E-state index is 5.81. The second-order valence-corrected chi connectivity index (χ2v) is 4.51. The van der Waals surface area contributed by atoms with Gasteiger partial charge in [0, 0.05) is 12.5 Å². The van der Waals surface area contributed by atoms with E-state index in [1.54, 1.807) is 7.11 Å². The van der Waals surface area contributed by atoms with Gasteiger partial charge < -0.3 is 15.8 Å². The van der Waals surface area contributed by atoms with Gasteiger partial charge in [-0.3, -0.25) is 0 Å². The second kappa shape index (κ2) is 4.85. The molecule has 88 valence electrons. The highest BCUT2D eigenvalue weighted by molar-refractivity contribution is 5.40. The summed E-state index contributed by atoms with van der Waals surface area (Å²) in [6.07, 6.45) is 0. The zero-order valence-corrected chi connectivity index (χ0v) is 9.99. The standard InChI is InChI=1S/C13H20N2O/c1-9-3-4-13(16-2)11(5-9)12-8-15-7-10(12)6-14/h3-5,10,12,15H,6-8,14H2,1-2H3. The lowest BCUT2D eigenvalue weighted by molar-refractivity contribution is 0.399. The van der Waals surface area contributed by atoms with E-state index in [0.717, 1.165) is 25.4 Å². The molecule has 1 heterocycles. The number of nitrogens with one attached hydrogen (secondary N) is 1. The molecule has 0 radical (unpaired) electrons. The molecule has 2 atom stereocenters. The fourth-order valence-electron chi connectivity index (χ4n) is 2.49. The molecular weight excluding hydrogens is 200 g/mol. The Morgan fingerprint density at radius 3 is 2.94 bits per heavy atom. The summed E-state index contributed by atoms with van der Waals surface area (Å²) in [6, 6.07) is 6.36. The normalized spacial score (nSPS) is 24.7. The summed E-state index contributed by atoms with van der Waals surface area (Å²) in [5.41, 5.74) is 8.38. The van der Waals surface area contributed by atoms with Crippen molar-refractivity contribution in [1.82, 2.24) is 5.32 Å². The first-order chi connectivity index (χ1) is 7.76. The highest BCUT2D eigenvalue weighted by Crippen LogP contribution is 2.34. The van der Waals surface area contributed by atoms with Crippen molar-refractivity contribution in [3.05, 3.63) is 29.3 Å². The highest BCUT2D eigenvalue weighted by Gasteiger charge is 2.29. The van der Waals surface area contributed by atoms with Gasteiger partial charge in [-0.05, 0) is 37.6 Å². The van der Waals surface area contributed by atoms with Gasteiger partial charge in [-0.2, -0.15) is 0 Å². The Labute approximate surface area is 97.0 Å². The van der Waals surface area contributed by atoms with Crippen LogP contribution in [0.3, 0.4) is 0 Å². The monoisotopic (exact) mass is 220 g/mol. The maximum Gasteiger partial charge on any atom is 0.122 e. The molecule has 1 aromatic carbocycles. The van der Waals surface area contributed by atoms with Crippen LogP contribution in [0, 0.1) is 12.8 Å². The molecule has 0 saturated carbocycles. The summed E-state index contributed by atoms with van der Waals surface area (Å²) >= 11 is 0. The summed E-state index contributed by atoms with van der Waals surface area (Å²) in [7, 11) is 1.73. The van der Waals surface area contributed by atoms with Crippen LogP contribution in [0.4, 0.5) is 0 Å². The Bertz CT molecular complexity index is 365. The second-order valence-electron chi connectivity index (χ2n) is 4.51. The highest BCUT2D eigenvalue weighted by atomic mass is 16.5. The lowest BCUT2D eigenvalue weighted by Crippen LogP contribution is -2.21. The Hall–Kier alpha value is -1.06. The first-order valence-electron chi connectivity index (χ1n) is 5.81. The SMILES string of the molecule is COc1ccc(C)cc1C1CNCC1CN. The molecule has 1 aromatic rings. The molecule has 3 heteroatoms. The summed E-state index contributed by atoms with van der Waals surface area (Å²) < 4.78 is 5.44.